The van der Waals surface area contributed by atoms with E-state index in [9.17, 15) is 18.5 Å². The fourth-order valence-electron chi connectivity index (χ4n) is 1.36. The number of nitro benzene ring substituents is 1. The van der Waals surface area contributed by atoms with Crippen molar-refractivity contribution >= 4 is 27.1 Å². The molecular weight excluding hydrogens is 276 g/mol. The summed E-state index contributed by atoms with van der Waals surface area (Å²) in [5, 5.41) is 13.9. The van der Waals surface area contributed by atoms with Crippen molar-refractivity contribution in [3.8, 4) is 0 Å². The first-order valence-corrected chi connectivity index (χ1v) is 6.34. The van der Waals surface area contributed by atoms with Crippen LogP contribution in [0.5, 0.6) is 0 Å². The average molecular weight is 284 g/mol. The van der Waals surface area contributed by atoms with E-state index in [4.69, 9.17) is 5.73 Å². The highest BCUT2D eigenvalue weighted by molar-refractivity contribution is 7.92. The number of nitrogens with zero attached hydrogens (tertiary/aromatic N) is 2. The highest BCUT2D eigenvalue weighted by atomic mass is 32.2. The summed E-state index contributed by atoms with van der Waals surface area (Å²) >= 11 is 0. The lowest BCUT2D eigenvalue weighted by molar-refractivity contribution is -0.384. The lowest BCUT2D eigenvalue weighted by Crippen LogP contribution is -2.14. The molecule has 2 rings (SSSR count). The molecule has 0 unspecified atom stereocenters. The molecule has 0 saturated carbocycles. The number of aromatic nitrogens is 1. The molecule has 0 aliphatic rings. The van der Waals surface area contributed by atoms with Crippen LogP contribution in [0.3, 0.4) is 0 Å². The number of anilines is 2. The fourth-order valence-corrected chi connectivity index (χ4v) is 2.50. The Bertz CT molecular complexity index is 710. The molecule has 0 aliphatic heterocycles. The molecule has 0 fully saturated rings. The van der Waals surface area contributed by atoms with E-state index in [1.165, 1.54) is 6.20 Å². The van der Waals surface area contributed by atoms with Gasteiger partial charge in [-0.1, -0.05) is 5.16 Å². The molecule has 1 heterocycles. The number of nitro groups is 1. The second-order valence-electron chi connectivity index (χ2n) is 3.50. The summed E-state index contributed by atoms with van der Waals surface area (Å²) in [5.74, 6) is 0. The Balaban J connectivity index is 2.38. The van der Waals surface area contributed by atoms with E-state index in [1.54, 1.807) is 0 Å². The molecule has 10 heteroatoms. The van der Waals surface area contributed by atoms with E-state index in [1.807, 2.05) is 0 Å². The molecule has 1 aromatic carbocycles. The summed E-state index contributed by atoms with van der Waals surface area (Å²) in [6, 6.07) is 3.09. The number of sulfonamides is 1. The van der Waals surface area contributed by atoms with Crippen molar-refractivity contribution in [2.75, 3.05) is 10.5 Å². The Labute approximate surface area is 107 Å². The van der Waals surface area contributed by atoms with Crippen LogP contribution in [0.25, 0.3) is 0 Å². The van der Waals surface area contributed by atoms with Crippen molar-refractivity contribution in [1.29, 1.82) is 0 Å². The molecule has 0 spiro atoms. The lowest BCUT2D eigenvalue weighted by atomic mass is 10.3. The van der Waals surface area contributed by atoms with Gasteiger partial charge in [0, 0.05) is 12.1 Å². The zero-order valence-corrected chi connectivity index (χ0v) is 10.1. The predicted molar refractivity (Wildman–Crippen MR) is 64.8 cm³/mol. The maximum absolute atomic E-state index is 12.0. The largest absolute Gasteiger partial charge is 0.397 e. The molecule has 0 atom stereocenters. The minimum Gasteiger partial charge on any atom is -0.397 e. The van der Waals surface area contributed by atoms with Crippen molar-refractivity contribution in [2.24, 2.45) is 0 Å². The summed E-state index contributed by atoms with van der Waals surface area (Å²) < 4.78 is 30.6. The van der Waals surface area contributed by atoms with Crippen molar-refractivity contribution in [1.82, 2.24) is 5.16 Å². The first-order valence-electron chi connectivity index (χ1n) is 4.86. The summed E-state index contributed by atoms with van der Waals surface area (Å²) in [6.07, 6.45) is 2.26. The maximum atomic E-state index is 12.0. The smallest absolute Gasteiger partial charge is 0.271 e. The van der Waals surface area contributed by atoms with Crippen LogP contribution in [0, 0.1) is 10.1 Å². The monoisotopic (exact) mass is 284 g/mol. The maximum Gasteiger partial charge on any atom is 0.271 e. The molecule has 0 amide bonds. The van der Waals surface area contributed by atoms with Crippen LogP contribution in [0.15, 0.2) is 40.1 Å². The Morgan fingerprint density at radius 3 is 2.68 bits per heavy atom. The minimum absolute atomic E-state index is 0.123. The first kappa shape index (κ1) is 12.8. The molecule has 0 saturated heterocycles. The van der Waals surface area contributed by atoms with Gasteiger partial charge >= 0.3 is 0 Å². The second kappa shape index (κ2) is 4.57. The third-order valence-corrected chi connectivity index (χ3v) is 3.63. The van der Waals surface area contributed by atoms with Gasteiger partial charge in [-0.15, -0.1) is 0 Å². The van der Waals surface area contributed by atoms with Crippen LogP contribution in [0.2, 0.25) is 0 Å². The summed E-state index contributed by atoms with van der Waals surface area (Å²) in [4.78, 5) is 9.60. The Kier molecular flexibility index (Phi) is 3.09. The number of rotatable bonds is 4. The van der Waals surface area contributed by atoms with E-state index in [2.05, 4.69) is 14.4 Å². The van der Waals surface area contributed by atoms with E-state index in [0.717, 1.165) is 24.5 Å². The van der Waals surface area contributed by atoms with Crippen molar-refractivity contribution < 1.29 is 17.9 Å². The topological polar surface area (TPSA) is 141 Å². The SMILES string of the molecule is Nc1cc([N+](=O)[O-])ccc1S(=O)(=O)Nc1cnoc1. The van der Waals surface area contributed by atoms with Gasteiger partial charge in [-0.2, -0.15) is 0 Å². The standard InChI is InChI=1S/C9H8N4O5S/c10-8-3-7(13(14)15)1-2-9(8)19(16,17)12-6-4-11-18-5-6/h1-5,12H,10H2. The molecule has 0 radical (unpaired) electrons. The van der Waals surface area contributed by atoms with Gasteiger partial charge < -0.3 is 10.3 Å². The summed E-state index contributed by atoms with van der Waals surface area (Å²) in [6.45, 7) is 0. The first-order chi connectivity index (χ1) is 8.90. The van der Waals surface area contributed by atoms with Crippen LogP contribution in [-0.2, 0) is 10.0 Å². The minimum atomic E-state index is -3.95. The number of non-ortho nitro benzene ring substituents is 1. The molecule has 3 N–H and O–H groups in total. The van der Waals surface area contributed by atoms with Gasteiger partial charge in [0.15, 0.2) is 0 Å². The number of nitrogens with two attached hydrogens (primary N) is 1. The summed E-state index contributed by atoms with van der Waals surface area (Å²) in [5.41, 5.74) is 5.12. The summed E-state index contributed by atoms with van der Waals surface area (Å²) in [7, 11) is -3.95. The highest BCUT2D eigenvalue weighted by Crippen LogP contribution is 2.25. The highest BCUT2D eigenvalue weighted by Gasteiger charge is 2.20. The molecule has 9 nitrogen and oxygen atoms in total. The van der Waals surface area contributed by atoms with Crippen LogP contribution in [-0.4, -0.2) is 18.5 Å². The van der Waals surface area contributed by atoms with E-state index < -0.39 is 14.9 Å². The van der Waals surface area contributed by atoms with Gasteiger partial charge in [-0.05, 0) is 6.07 Å². The van der Waals surface area contributed by atoms with Crippen LogP contribution < -0.4 is 10.5 Å². The third-order valence-electron chi connectivity index (χ3n) is 2.18. The van der Waals surface area contributed by atoms with Crippen molar-refractivity contribution in [2.45, 2.75) is 4.90 Å². The number of nitrogen functional groups attached to an aromatic ring is 1. The van der Waals surface area contributed by atoms with Gasteiger partial charge in [0.2, 0.25) is 0 Å². The predicted octanol–water partition coefficient (Wildman–Crippen LogP) is 0.966. The molecule has 1 aromatic heterocycles. The van der Waals surface area contributed by atoms with Crippen LogP contribution in [0.1, 0.15) is 0 Å². The van der Waals surface area contributed by atoms with Gasteiger partial charge in [-0.25, -0.2) is 8.42 Å². The lowest BCUT2D eigenvalue weighted by Gasteiger charge is -2.07. The van der Waals surface area contributed by atoms with Crippen molar-refractivity contribution in [3.05, 3.63) is 40.8 Å². The number of hydrogen-bond acceptors (Lipinski definition) is 7. The van der Waals surface area contributed by atoms with Crippen LogP contribution in [0.4, 0.5) is 17.1 Å². The second-order valence-corrected chi connectivity index (χ2v) is 5.15. The number of hydrogen-bond donors (Lipinski definition) is 2. The zero-order chi connectivity index (χ0) is 14.0. The third kappa shape index (κ3) is 2.63. The molecule has 0 aliphatic carbocycles. The molecule has 2 aromatic rings. The zero-order valence-electron chi connectivity index (χ0n) is 9.31. The van der Waals surface area contributed by atoms with E-state index >= 15 is 0 Å². The Hall–Kier alpha value is -2.62. The van der Waals surface area contributed by atoms with E-state index in [-0.39, 0.29) is 22.0 Å². The van der Waals surface area contributed by atoms with Gasteiger partial charge in [0.25, 0.3) is 15.7 Å². The number of nitrogens with one attached hydrogen (secondary N) is 1. The van der Waals surface area contributed by atoms with Gasteiger partial charge in [-0.3, -0.25) is 14.8 Å². The normalized spacial score (nSPS) is 11.2. The number of benzene rings is 1. The molecular formula is C9H8N4O5S. The molecule has 19 heavy (non-hydrogen) atoms. The Morgan fingerprint density at radius 1 is 1.42 bits per heavy atom. The molecule has 0 bridgehead atoms. The van der Waals surface area contributed by atoms with E-state index in [0.29, 0.717) is 0 Å². The van der Waals surface area contributed by atoms with Crippen LogP contribution >= 0.6 is 0 Å². The quantitative estimate of drug-likeness (QED) is 0.483. The van der Waals surface area contributed by atoms with Crippen molar-refractivity contribution in [3.63, 3.8) is 0 Å². The van der Waals surface area contributed by atoms with Gasteiger partial charge in [0.1, 0.15) is 16.8 Å². The van der Waals surface area contributed by atoms with Gasteiger partial charge in [0.05, 0.1) is 16.8 Å². The molecule has 100 valence electrons. The fraction of sp³-hybridized carbons (Fsp3) is 0. The Morgan fingerprint density at radius 2 is 2.16 bits per heavy atom. The average Bonchev–Trinajstić information content (AvgIpc) is 2.80.